The van der Waals surface area contributed by atoms with E-state index in [0.29, 0.717) is 16.9 Å². The third-order valence-electron chi connectivity index (χ3n) is 4.13. The Labute approximate surface area is 182 Å². The van der Waals surface area contributed by atoms with Gasteiger partial charge in [0.2, 0.25) is 0 Å². The topological polar surface area (TPSA) is 109 Å². The minimum Gasteiger partial charge on any atom is -0.455 e. The third kappa shape index (κ3) is 4.83. The molecule has 0 atom stereocenters. The van der Waals surface area contributed by atoms with E-state index in [2.05, 4.69) is 25.0 Å². The van der Waals surface area contributed by atoms with E-state index >= 15 is 0 Å². The van der Waals surface area contributed by atoms with Crippen LogP contribution in [0.1, 0.15) is 10.4 Å². The molecule has 2 heterocycles. The van der Waals surface area contributed by atoms with Crippen molar-refractivity contribution in [2.24, 2.45) is 0 Å². The van der Waals surface area contributed by atoms with Crippen LogP contribution in [-0.2, 0) is 0 Å². The molecule has 0 spiro atoms. The highest BCUT2D eigenvalue weighted by atomic mass is 35.5. The number of rotatable bonds is 5. The van der Waals surface area contributed by atoms with Crippen LogP contribution in [0.25, 0.3) is 11.2 Å². The lowest BCUT2D eigenvalue weighted by Gasteiger charge is -2.12. The Morgan fingerprint density at radius 3 is 2.66 bits per heavy atom. The van der Waals surface area contributed by atoms with Crippen LogP contribution in [0.3, 0.4) is 0 Å². The molecule has 0 aliphatic carbocycles. The van der Waals surface area contributed by atoms with Gasteiger partial charge in [0.05, 0.1) is 10.7 Å². The number of nitrogens with zero attached hydrogens (tertiary/aromatic N) is 1. The van der Waals surface area contributed by atoms with E-state index in [-0.39, 0.29) is 22.0 Å². The fourth-order valence-corrected chi connectivity index (χ4v) is 2.98. The van der Waals surface area contributed by atoms with E-state index in [9.17, 15) is 22.8 Å². The number of amides is 1. The Hall–Kier alpha value is -3.99. The summed E-state index contributed by atoms with van der Waals surface area (Å²) >= 11 is 6.14. The highest BCUT2D eigenvalue weighted by Gasteiger charge is 2.31. The molecule has 0 bridgehead atoms. The van der Waals surface area contributed by atoms with Crippen molar-refractivity contribution in [3.63, 3.8) is 0 Å². The van der Waals surface area contributed by atoms with Crippen molar-refractivity contribution < 1.29 is 27.4 Å². The molecule has 4 rings (SSSR count). The van der Waals surface area contributed by atoms with Crippen LogP contribution in [-0.4, -0.2) is 27.2 Å². The molecule has 0 radical (unpaired) electrons. The number of hydrogen-bond donors (Lipinski definition) is 3. The minimum atomic E-state index is -4.88. The molecule has 0 saturated carbocycles. The average Bonchev–Trinajstić information content (AvgIpc) is 3.10. The number of aromatic nitrogens is 3. The summed E-state index contributed by atoms with van der Waals surface area (Å²) in [6.45, 7) is 0. The van der Waals surface area contributed by atoms with Crippen LogP contribution in [0.15, 0.2) is 59.5 Å². The van der Waals surface area contributed by atoms with E-state index in [4.69, 9.17) is 16.3 Å². The quantitative estimate of drug-likeness (QED) is 0.391. The smallest absolute Gasteiger partial charge is 0.455 e. The van der Waals surface area contributed by atoms with Gasteiger partial charge in [-0.05, 0) is 30.3 Å². The molecule has 164 valence electrons. The number of aromatic amines is 2. The number of carbonyl (C=O) groups excluding carboxylic acids is 1. The molecule has 12 heteroatoms. The normalized spacial score (nSPS) is 11.4. The lowest BCUT2D eigenvalue weighted by atomic mass is 10.2. The van der Waals surface area contributed by atoms with Gasteiger partial charge in [-0.2, -0.15) is 0 Å². The molecule has 0 aliphatic heterocycles. The summed E-state index contributed by atoms with van der Waals surface area (Å²) in [5, 5.41) is 2.69. The second-order valence-corrected chi connectivity index (χ2v) is 6.79. The number of anilines is 1. The van der Waals surface area contributed by atoms with E-state index in [0.717, 1.165) is 12.1 Å². The number of H-pyrrole nitrogens is 2. The van der Waals surface area contributed by atoms with Crippen molar-refractivity contribution >= 4 is 34.4 Å². The zero-order chi connectivity index (χ0) is 22.9. The molecule has 0 aliphatic rings. The fraction of sp³-hybridized carbons (Fsp3) is 0.0500. The van der Waals surface area contributed by atoms with Gasteiger partial charge in [0.1, 0.15) is 17.0 Å². The first-order chi connectivity index (χ1) is 15.2. The molecule has 8 nitrogen and oxygen atoms in total. The van der Waals surface area contributed by atoms with Gasteiger partial charge in [0.25, 0.3) is 5.91 Å². The molecule has 2 aromatic carbocycles. The van der Waals surface area contributed by atoms with Crippen LogP contribution in [0.4, 0.5) is 18.9 Å². The lowest BCUT2D eigenvalue weighted by molar-refractivity contribution is -0.274. The first kappa shape index (κ1) is 21.2. The van der Waals surface area contributed by atoms with Crippen molar-refractivity contribution in [2.45, 2.75) is 6.36 Å². The lowest BCUT2D eigenvalue weighted by Crippen LogP contribution is -2.18. The van der Waals surface area contributed by atoms with Crippen molar-refractivity contribution in [1.29, 1.82) is 0 Å². The number of carbonyl (C=O) groups is 1. The largest absolute Gasteiger partial charge is 0.573 e. The van der Waals surface area contributed by atoms with Crippen LogP contribution >= 0.6 is 11.6 Å². The standard InChI is InChI=1S/C20H12ClF3N4O4/c21-13-5-4-11(31-15-6-7-25-17-16(15)27-19(30)28-17)9-14(13)26-18(29)10-2-1-3-12(8-10)32-20(22,23)24/h1-9H,(H,26,29)(H2,25,27,28,30). The third-order valence-corrected chi connectivity index (χ3v) is 4.46. The number of fused-ring (bicyclic) bond motifs is 1. The first-order valence-electron chi connectivity index (χ1n) is 8.89. The molecule has 4 aromatic rings. The Bertz CT molecular complexity index is 1370. The first-order valence-corrected chi connectivity index (χ1v) is 9.27. The molecule has 0 saturated heterocycles. The van der Waals surface area contributed by atoms with Crippen molar-refractivity contribution in [2.75, 3.05) is 5.32 Å². The van der Waals surface area contributed by atoms with Gasteiger partial charge in [-0.3, -0.25) is 9.78 Å². The highest BCUT2D eigenvalue weighted by Crippen LogP contribution is 2.32. The number of nitrogens with one attached hydrogen (secondary N) is 3. The Morgan fingerprint density at radius 2 is 1.88 bits per heavy atom. The van der Waals surface area contributed by atoms with Gasteiger partial charge in [0, 0.05) is 23.9 Å². The number of imidazole rings is 1. The number of halogens is 4. The van der Waals surface area contributed by atoms with E-state index in [1.165, 1.54) is 42.6 Å². The molecule has 0 fully saturated rings. The van der Waals surface area contributed by atoms with Gasteiger partial charge in [0.15, 0.2) is 11.4 Å². The maximum absolute atomic E-state index is 12.5. The maximum atomic E-state index is 12.5. The molecule has 0 unspecified atom stereocenters. The van der Waals surface area contributed by atoms with Gasteiger partial charge < -0.3 is 19.8 Å². The number of benzene rings is 2. The van der Waals surface area contributed by atoms with Crippen molar-refractivity contribution in [3.05, 3.63) is 75.8 Å². The summed E-state index contributed by atoms with van der Waals surface area (Å²) in [5.41, 5.74) is 0.277. The highest BCUT2D eigenvalue weighted by molar-refractivity contribution is 6.34. The van der Waals surface area contributed by atoms with Gasteiger partial charge in [-0.25, -0.2) is 9.78 Å². The van der Waals surface area contributed by atoms with E-state index in [1.807, 2.05) is 0 Å². The zero-order valence-electron chi connectivity index (χ0n) is 15.8. The van der Waals surface area contributed by atoms with Crippen molar-refractivity contribution in [3.8, 4) is 17.2 Å². The Balaban J connectivity index is 1.56. The number of hydrogen-bond acceptors (Lipinski definition) is 5. The predicted octanol–water partition coefficient (Wildman–Crippen LogP) is 4.85. The Kier molecular flexibility index (Phi) is 5.49. The molecule has 2 aromatic heterocycles. The van der Waals surface area contributed by atoms with Crippen LogP contribution in [0.5, 0.6) is 17.2 Å². The van der Waals surface area contributed by atoms with Crippen molar-refractivity contribution in [1.82, 2.24) is 15.0 Å². The van der Waals surface area contributed by atoms with Gasteiger partial charge in [-0.15, -0.1) is 13.2 Å². The van der Waals surface area contributed by atoms with Crippen LogP contribution in [0, 0.1) is 0 Å². The molecule has 3 N–H and O–H groups in total. The summed E-state index contributed by atoms with van der Waals surface area (Å²) in [7, 11) is 0. The monoisotopic (exact) mass is 464 g/mol. The van der Waals surface area contributed by atoms with Gasteiger partial charge >= 0.3 is 12.1 Å². The average molecular weight is 465 g/mol. The van der Waals surface area contributed by atoms with Crippen LogP contribution in [0.2, 0.25) is 5.02 Å². The molecule has 1 amide bonds. The maximum Gasteiger partial charge on any atom is 0.573 e. The fourth-order valence-electron chi connectivity index (χ4n) is 2.82. The second kappa shape index (κ2) is 8.27. The number of ether oxygens (including phenoxy) is 2. The van der Waals surface area contributed by atoms with E-state index in [1.54, 1.807) is 0 Å². The second-order valence-electron chi connectivity index (χ2n) is 6.39. The Morgan fingerprint density at radius 1 is 1.06 bits per heavy atom. The summed E-state index contributed by atoms with van der Waals surface area (Å²) in [6, 6.07) is 10.6. The summed E-state index contributed by atoms with van der Waals surface area (Å²) in [5.74, 6) is -0.674. The van der Waals surface area contributed by atoms with Gasteiger partial charge in [-0.1, -0.05) is 17.7 Å². The number of alkyl halides is 3. The van der Waals surface area contributed by atoms with Crippen LogP contribution < -0.4 is 20.5 Å². The molecular weight excluding hydrogens is 453 g/mol. The molecular formula is C20H12ClF3N4O4. The summed E-state index contributed by atoms with van der Waals surface area (Å²) < 4.78 is 46.9. The number of pyridine rings is 1. The summed E-state index contributed by atoms with van der Waals surface area (Å²) in [4.78, 5) is 33.1. The zero-order valence-corrected chi connectivity index (χ0v) is 16.5. The summed E-state index contributed by atoms with van der Waals surface area (Å²) in [6.07, 6.45) is -3.44. The minimum absolute atomic E-state index is 0.0742. The van der Waals surface area contributed by atoms with E-state index < -0.39 is 23.7 Å². The predicted molar refractivity (Wildman–Crippen MR) is 109 cm³/mol. The molecule has 32 heavy (non-hydrogen) atoms. The SMILES string of the molecule is O=C(Nc1cc(Oc2ccnc3[nH]c(=O)[nH]c23)ccc1Cl)c1cccc(OC(F)(F)F)c1.